The van der Waals surface area contributed by atoms with Gasteiger partial charge in [-0.2, -0.15) is 0 Å². The lowest BCUT2D eigenvalue weighted by Crippen LogP contribution is -2.44. The maximum atomic E-state index is 6.40. The molecule has 1 aliphatic carbocycles. The van der Waals surface area contributed by atoms with Crippen LogP contribution in [-0.2, 0) is 12.0 Å². The first kappa shape index (κ1) is 12.9. The van der Waals surface area contributed by atoms with Crippen molar-refractivity contribution < 1.29 is 0 Å². The van der Waals surface area contributed by atoms with Crippen LogP contribution in [0.25, 0.3) is 0 Å². The van der Waals surface area contributed by atoms with E-state index in [0.717, 1.165) is 35.5 Å². The molecule has 0 saturated carbocycles. The number of hydrogen-bond acceptors (Lipinski definition) is 4. The number of halogens is 1. The number of benzene rings is 1. The molecule has 3 rings (SSSR count). The zero-order valence-electron chi connectivity index (χ0n) is 10.7. The lowest BCUT2D eigenvalue weighted by atomic mass is 9.77. The second-order valence-electron chi connectivity index (χ2n) is 4.81. The molecule has 0 amide bonds. The number of nitrogens with zero attached hydrogens (tertiary/aromatic N) is 1. The lowest BCUT2D eigenvalue weighted by Gasteiger charge is -2.37. The topological polar surface area (TPSA) is 50.9 Å². The largest absolute Gasteiger partial charge is 0.375 e. The van der Waals surface area contributed by atoms with Gasteiger partial charge in [0.15, 0.2) is 5.13 Å². The molecule has 0 bridgehead atoms. The van der Waals surface area contributed by atoms with E-state index in [4.69, 9.17) is 17.3 Å². The molecule has 1 heterocycles. The molecule has 1 aromatic heterocycles. The summed E-state index contributed by atoms with van der Waals surface area (Å²) in [5.74, 6) is 0. The third-order valence-electron chi connectivity index (χ3n) is 3.83. The van der Waals surface area contributed by atoms with Crippen LogP contribution in [0.5, 0.6) is 0 Å². The van der Waals surface area contributed by atoms with E-state index in [1.54, 1.807) is 11.3 Å². The van der Waals surface area contributed by atoms with Crippen LogP contribution in [0.2, 0.25) is 5.02 Å². The van der Waals surface area contributed by atoms with Crippen LogP contribution >= 0.6 is 22.9 Å². The Labute approximate surface area is 121 Å². The smallest absolute Gasteiger partial charge is 0.180 e. The molecule has 1 aliphatic rings. The summed E-state index contributed by atoms with van der Waals surface area (Å²) in [6.07, 6.45) is 3.15. The molecule has 0 radical (unpaired) electrons. The van der Waals surface area contributed by atoms with Crippen LogP contribution in [-0.4, -0.2) is 12.0 Å². The molecule has 3 nitrogen and oxygen atoms in total. The molecule has 0 aliphatic heterocycles. The van der Waals surface area contributed by atoms with Crippen LogP contribution in [0.15, 0.2) is 24.3 Å². The van der Waals surface area contributed by atoms with Crippen LogP contribution in [0, 0.1) is 0 Å². The van der Waals surface area contributed by atoms with Crippen molar-refractivity contribution in [2.45, 2.75) is 24.8 Å². The first-order valence-corrected chi connectivity index (χ1v) is 7.56. The predicted molar refractivity (Wildman–Crippen MR) is 80.8 cm³/mol. The Morgan fingerprint density at radius 1 is 1.42 bits per heavy atom. The summed E-state index contributed by atoms with van der Waals surface area (Å²) in [6.45, 7) is 0. The fraction of sp³-hybridized carbons (Fsp3) is 0.357. The third kappa shape index (κ3) is 1.95. The first-order chi connectivity index (χ1) is 9.17. The molecule has 2 aromatic rings. The molecule has 5 heteroatoms. The minimum atomic E-state index is -0.306. The fourth-order valence-corrected chi connectivity index (χ4v) is 4.20. The second kappa shape index (κ2) is 4.78. The normalized spacial score (nSPS) is 22.2. The predicted octanol–water partition coefficient (Wildman–Crippen LogP) is 3.18. The summed E-state index contributed by atoms with van der Waals surface area (Å²) in [5.41, 5.74) is 7.73. The third-order valence-corrected chi connectivity index (χ3v) is 5.11. The highest BCUT2D eigenvalue weighted by Gasteiger charge is 2.40. The Kier molecular flexibility index (Phi) is 3.25. The van der Waals surface area contributed by atoms with Gasteiger partial charge in [-0.1, -0.05) is 29.8 Å². The van der Waals surface area contributed by atoms with Crippen molar-refractivity contribution in [3.05, 3.63) is 45.4 Å². The van der Waals surface area contributed by atoms with E-state index in [1.807, 2.05) is 25.2 Å². The Balaban J connectivity index is 2.23. The Morgan fingerprint density at radius 3 is 2.95 bits per heavy atom. The summed E-state index contributed by atoms with van der Waals surface area (Å²) < 4.78 is 0. The number of hydrogen-bond donors (Lipinski definition) is 2. The summed E-state index contributed by atoms with van der Waals surface area (Å²) in [7, 11) is 1.97. The van der Waals surface area contributed by atoms with Gasteiger partial charge < -0.3 is 11.1 Å². The van der Waals surface area contributed by atoms with E-state index < -0.39 is 0 Å². The monoisotopic (exact) mass is 293 g/mol. The van der Waals surface area contributed by atoms with Gasteiger partial charge in [-0.25, -0.2) is 4.98 Å². The van der Waals surface area contributed by atoms with Crippen molar-refractivity contribution in [2.24, 2.45) is 0 Å². The van der Waals surface area contributed by atoms with Crippen molar-refractivity contribution in [3.8, 4) is 0 Å². The number of rotatable bonds is 2. The molecule has 1 unspecified atom stereocenters. The van der Waals surface area contributed by atoms with Crippen LogP contribution in [0.3, 0.4) is 0 Å². The number of nitrogens with one attached hydrogen (secondary N) is 1. The van der Waals surface area contributed by atoms with E-state index in [-0.39, 0.29) is 5.54 Å². The fourth-order valence-electron chi connectivity index (χ4n) is 2.95. The number of fused-ring (bicyclic) bond motifs is 1. The van der Waals surface area contributed by atoms with Crippen molar-refractivity contribution in [2.75, 3.05) is 12.8 Å². The van der Waals surface area contributed by atoms with Gasteiger partial charge in [-0.05, 0) is 37.9 Å². The number of nitrogen functional groups attached to an aromatic ring is 1. The first-order valence-electron chi connectivity index (χ1n) is 6.37. The van der Waals surface area contributed by atoms with Gasteiger partial charge in [0.05, 0.1) is 11.2 Å². The minimum Gasteiger partial charge on any atom is -0.375 e. The standard InChI is InChI=1S/C14H16ClN3S/c1-17-14(9-5-2-3-6-10(9)15)8-4-7-11-12(14)18-13(16)19-11/h2-3,5-6,17H,4,7-8H2,1H3,(H2,16,18). The van der Waals surface area contributed by atoms with E-state index in [1.165, 1.54) is 4.88 Å². The Hall–Kier alpha value is -1.10. The van der Waals surface area contributed by atoms with Crippen molar-refractivity contribution in [1.82, 2.24) is 10.3 Å². The average Bonchev–Trinajstić information content (AvgIpc) is 2.80. The van der Waals surface area contributed by atoms with Gasteiger partial charge in [0.2, 0.25) is 0 Å². The lowest BCUT2D eigenvalue weighted by molar-refractivity contribution is 0.364. The molecule has 100 valence electrons. The van der Waals surface area contributed by atoms with Gasteiger partial charge >= 0.3 is 0 Å². The summed E-state index contributed by atoms with van der Waals surface area (Å²) >= 11 is 8.00. The number of aromatic nitrogens is 1. The molecular weight excluding hydrogens is 278 g/mol. The molecule has 19 heavy (non-hydrogen) atoms. The van der Waals surface area contributed by atoms with Gasteiger partial charge in [-0.3, -0.25) is 0 Å². The summed E-state index contributed by atoms with van der Waals surface area (Å²) in [6, 6.07) is 7.97. The molecule has 3 N–H and O–H groups in total. The van der Waals surface area contributed by atoms with Crippen molar-refractivity contribution in [1.29, 1.82) is 0 Å². The Bertz CT molecular complexity index is 610. The number of nitrogens with two attached hydrogens (primary N) is 1. The highest BCUT2D eigenvalue weighted by Crippen LogP contribution is 2.44. The van der Waals surface area contributed by atoms with Crippen LogP contribution in [0.1, 0.15) is 29.0 Å². The maximum absolute atomic E-state index is 6.40. The zero-order chi connectivity index (χ0) is 13.5. The van der Waals surface area contributed by atoms with Gasteiger partial charge in [-0.15, -0.1) is 11.3 Å². The molecule has 1 aromatic carbocycles. The molecule has 0 saturated heterocycles. The van der Waals surface area contributed by atoms with E-state index in [9.17, 15) is 0 Å². The molecule has 1 atom stereocenters. The van der Waals surface area contributed by atoms with Gasteiger partial charge in [0, 0.05) is 9.90 Å². The minimum absolute atomic E-state index is 0.306. The van der Waals surface area contributed by atoms with E-state index in [2.05, 4.69) is 16.4 Å². The molecule has 0 spiro atoms. The van der Waals surface area contributed by atoms with Crippen molar-refractivity contribution in [3.63, 3.8) is 0 Å². The Morgan fingerprint density at radius 2 is 2.21 bits per heavy atom. The van der Waals surface area contributed by atoms with Gasteiger partial charge in [0.1, 0.15) is 0 Å². The number of thiazole rings is 1. The van der Waals surface area contributed by atoms with Gasteiger partial charge in [0.25, 0.3) is 0 Å². The number of aryl methyl sites for hydroxylation is 1. The highest BCUT2D eigenvalue weighted by molar-refractivity contribution is 7.15. The number of anilines is 1. The van der Waals surface area contributed by atoms with E-state index in [0.29, 0.717) is 5.13 Å². The summed E-state index contributed by atoms with van der Waals surface area (Å²) in [4.78, 5) is 5.84. The van der Waals surface area contributed by atoms with E-state index >= 15 is 0 Å². The molecule has 0 fully saturated rings. The highest BCUT2D eigenvalue weighted by atomic mass is 35.5. The molecular formula is C14H16ClN3S. The quantitative estimate of drug-likeness (QED) is 0.894. The van der Waals surface area contributed by atoms with Crippen molar-refractivity contribution >= 4 is 28.1 Å². The maximum Gasteiger partial charge on any atom is 0.180 e. The second-order valence-corrected chi connectivity index (χ2v) is 6.34. The SMILES string of the molecule is CNC1(c2ccccc2Cl)CCCc2sc(N)nc21. The van der Waals surface area contributed by atoms with Crippen LogP contribution < -0.4 is 11.1 Å². The van der Waals surface area contributed by atoms with Crippen LogP contribution in [0.4, 0.5) is 5.13 Å². The zero-order valence-corrected chi connectivity index (χ0v) is 12.3. The average molecular weight is 294 g/mol. The summed E-state index contributed by atoms with van der Waals surface area (Å²) in [5, 5.41) is 4.86.